The molecule has 6 nitrogen and oxygen atoms in total. The quantitative estimate of drug-likeness (QED) is 0.486. The minimum atomic E-state index is -4.60. The third kappa shape index (κ3) is 4.88. The molecule has 1 aliphatic heterocycles. The van der Waals surface area contributed by atoms with Gasteiger partial charge in [-0.15, -0.1) is 0 Å². The monoisotopic (exact) mass is 468 g/mol. The molecule has 0 spiro atoms. The highest BCUT2D eigenvalue weighted by Crippen LogP contribution is 2.36. The first-order valence-electron chi connectivity index (χ1n) is 10.2. The topological polar surface area (TPSA) is 76.7 Å². The molecule has 9 heteroatoms. The largest absolute Gasteiger partial charge is 0.493 e. The Bertz CT molecular complexity index is 1290. The van der Waals surface area contributed by atoms with Crippen molar-refractivity contribution in [3.8, 4) is 11.5 Å². The van der Waals surface area contributed by atoms with Gasteiger partial charge in [0.2, 0.25) is 0 Å². The van der Waals surface area contributed by atoms with Gasteiger partial charge in [0, 0.05) is 16.8 Å². The number of anilines is 2. The molecule has 0 aromatic heterocycles. The zero-order valence-corrected chi connectivity index (χ0v) is 17.9. The zero-order chi connectivity index (χ0) is 24.3. The Morgan fingerprint density at radius 1 is 1.03 bits per heavy atom. The fraction of sp³-hybridized carbons (Fsp3) is 0.120. The van der Waals surface area contributed by atoms with Gasteiger partial charge in [-0.3, -0.25) is 9.59 Å². The van der Waals surface area contributed by atoms with Gasteiger partial charge in [0.25, 0.3) is 11.8 Å². The Kier molecular flexibility index (Phi) is 6.27. The third-order valence-electron chi connectivity index (χ3n) is 5.07. The zero-order valence-electron chi connectivity index (χ0n) is 17.9. The van der Waals surface area contributed by atoms with Crippen molar-refractivity contribution in [2.75, 3.05) is 24.4 Å². The summed E-state index contributed by atoms with van der Waals surface area (Å²) in [5, 5.41) is 5.02. The van der Waals surface area contributed by atoms with Crippen molar-refractivity contribution in [1.82, 2.24) is 0 Å². The number of nitrogens with one attached hydrogen (secondary N) is 2. The van der Waals surface area contributed by atoms with Crippen LogP contribution in [0, 0.1) is 0 Å². The molecule has 2 N–H and O–H groups in total. The number of amides is 2. The van der Waals surface area contributed by atoms with Crippen molar-refractivity contribution in [1.29, 1.82) is 0 Å². The number of halogens is 3. The highest BCUT2D eigenvalue weighted by atomic mass is 19.4. The summed E-state index contributed by atoms with van der Waals surface area (Å²) in [5.41, 5.74) is 1.36. The average Bonchev–Trinajstić information content (AvgIpc) is 3.12. The molecule has 1 heterocycles. The molecule has 0 bridgehead atoms. The lowest BCUT2D eigenvalue weighted by molar-refractivity contribution is -0.137. The maximum atomic E-state index is 13.1. The smallest absolute Gasteiger partial charge is 0.418 e. The molecule has 0 fully saturated rings. The second-order valence-electron chi connectivity index (χ2n) is 7.35. The Morgan fingerprint density at radius 3 is 2.53 bits per heavy atom. The lowest BCUT2D eigenvalue weighted by Crippen LogP contribution is -2.22. The van der Waals surface area contributed by atoms with Crippen molar-refractivity contribution in [3.05, 3.63) is 83.4 Å². The summed E-state index contributed by atoms with van der Waals surface area (Å²) < 4.78 is 50.1. The number of ether oxygens (including phenoxy) is 2. The summed E-state index contributed by atoms with van der Waals surface area (Å²) in [6.07, 6.45) is -2.90. The van der Waals surface area contributed by atoms with E-state index in [1.165, 1.54) is 25.3 Å². The van der Waals surface area contributed by atoms with Gasteiger partial charge >= 0.3 is 6.18 Å². The lowest BCUT2D eigenvalue weighted by atomic mass is 10.0. The minimum absolute atomic E-state index is 0.222. The lowest BCUT2D eigenvalue weighted by Gasteiger charge is -2.14. The number of alkyl halides is 3. The number of hydrogen-bond donors (Lipinski definition) is 2. The Morgan fingerprint density at radius 2 is 1.76 bits per heavy atom. The van der Waals surface area contributed by atoms with Crippen LogP contribution in [0.15, 0.2) is 66.7 Å². The molecule has 3 aromatic rings. The van der Waals surface area contributed by atoms with Crippen LogP contribution in [0.1, 0.15) is 16.7 Å². The summed E-state index contributed by atoms with van der Waals surface area (Å²) in [4.78, 5) is 24.5. The van der Waals surface area contributed by atoms with E-state index in [1.807, 2.05) is 24.3 Å². The Hall–Kier alpha value is -4.27. The maximum absolute atomic E-state index is 13.1. The molecule has 174 valence electrons. The predicted molar refractivity (Wildman–Crippen MR) is 122 cm³/mol. The molecule has 0 atom stereocenters. The second kappa shape index (κ2) is 9.30. The van der Waals surface area contributed by atoms with Crippen molar-refractivity contribution in [2.45, 2.75) is 6.18 Å². The van der Waals surface area contributed by atoms with Gasteiger partial charge in [-0.05, 0) is 42.0 Å². The first-order valence-corrected chi connectivity index (χ1v) is 10.2. The van der Waals surface area contributed by atoms with E-state index < -0.39 is 24.3 Å². The van der Waals surface area contributed by atoms with Crippen molar-refractivity contribution in [2.24, 2.45) is 0 Å². The number of carbonyl (C=O) groups is 2. The molecular formula is C25H19F3N2O4. The van der Waals surface area contributed by atoms with Crippen molar-refractivity contribution >= 4 is 34.8 Å². The van der Waals surface area contributed by atoms with Gasteiger partial charge in [0.15, 0.2) is 18.1 Å². The summed E-state index contributed by atoms with van der Waals surface area (Å²) in [6, 6.07) is 16.9. The molecule has 2 amide bonds. The highest BCUT2D eigenvalue weighted by molar-refractivity contribution is 6.34. The number of hydrogen-bond acceptors (Lipinski definition) is 4. The maximum Gasteiger partial charge on any atom is 0.418 e. The summed E-state index contributed by atoms with van der Waals surface area (Å²) in [6.45, 7) is -0.529. The van der Waals surface area contributed by atoms with E-state index in [-0.39, 0.29) is 17.3 Å². The first kappa shape index (κ1) is 22.9. The van der Waals surface area contributed by atoms with Crippen LogP contribution in [0.25, 0.3) is 11.6 Å². The van der Waals surface area contributed by atoms with Crippen LogP contribution in [0.4, 0.5) is 24.5 Å². The van der Waals surface area contributed by atoms with Gasteiger partial charge in [-0.1, -0.05) is 36.4 Å². The van der Waals surface area contributed by atoms with Crippen LogP contribution in [0.2, 0.25) is 0 Å². The van der Waals surface area contributed by atoms with E-state index in [0.29, 0.717) is 16.9 Å². The number of fused-ring (bicyclic) bond motifs is 1. The van der Waals surface area contributed by atoms with E-state index in [0.717, 1.165) is 17.3 Å². The van der Waals surface area contributed by atoms with E-state index in [1.54, 1.807) is 24.3 Å². The van der Waals surface area contributed by atoms with E-state index in [9.17, 15) is 22.8 Å². The van der Waals surface area contributed by atoms with Crippen molar-refractivity contribution < 1.29 is 32.2 Å². The highest BCUT2D eigenvalue weighted by Gasteiger charge is 2.33. The fourth-order valence-corrected chi connectivity index (χ4v) is 3.51. The molecule has 0 saturated carbocycles. The summed E-state index contributed by atoms with van der Waals surface area (Å²) in [5.74, 6) is -0.467. The summed E-state index contributed by atoms with van der Waals surface area (Å²) >= 11 is 0. The fourth-order valence-electron chi connectivity index (χ4n) is 3.51. The number of carbonyl (C=O) groups excluding carboxylic acids is 2. The molecular weight excluding hydrogens is 449 g/mol. The van der Waals surface area contributed by atoms with E-state index >= 15 is 0 Å². The molecule has 34 heavy (non-hydrogen) atoms. The minimum Gasteiger partial charge on any atom is -0.493 e. The normalized spacial score (nSPS) is 13.9. The number of para-hydroxylation sites is 2. The number of rotatable bonds is 6. The van der Waals surface area contributed by atoms with Crippen LogP contribution in [-0.2, 0) is 15.8 Å². The molecule has 0 saturated heterocycles. The van der Waals surface area contributed by atoms with Crippen LogP contribution in [-0.4, -0.2) is 25.5 Å². The van der Waals surface area contributed by atoms with Crippen molar-refractivity contribution in [3.63, 3.8) is 0 Å². The average molecular weight is 468 g/mol. The van der Waals surface area contributed by atoms with Gasteiger partial charge in [-0.2, -0.15) is 13.2 Å². The van der Waals surface area contributed by atoms with E-state index in [4.69, 9.17) is 9.47 Å². The van der Waals surface area contributed by atoms with Crippen LogP contribution in [0.3, 0.4) is 0 Å². The first-order chi connectivity index (χ1) is 16.3. The van der Waals surface area contributed by atoms with Gasteiger partial charge in [0.05, 0.1) is 18.4 Å². The van der Waals surface area contributed by atoms with Gasteiger partial charge in [0.1, 0.15) is 0 Å². The SMILES string of the molecule is COc1cc(C=C2C(=O)Nc3ccccc32)ccc1OCC(=O)Nc1ccccc1C(F)(F)F. The van der Waals surface area contributed by atoms with Crippen LogP contribution >= 0.6 is 0 Å². The Balaban J connectivity index is 1.47. The Labute approximate surface area is 193 Å². The molecule has 1 aliphatic rings. The molecule has 0 aliphatic carbocycles. The molecule has 3 aromatic carbocycles. The standard InChI is InChI=1S/C25H19F3N2O4/c1-33-22-13-15(12-17-16-6-2-4-8-19(16)30-24(17)32)10-11-21(22)34-14-23(31)29-20-9-5-3-7-18(20)25(26,27)28/h2-13H,14H2,1H3,(H,29,31)(H,30,32). The number of methoxy groups -OCH3 is 1. The van der Waals surface area contributed by atoms with E-state index in [2.05, 4.69) is 10.6 Å². The molecule has 0 radical (unpaired) electrons. The van der Waals surface area contributed by atoms with Crippen LogP contribution < -0.4 is 20.1 Å². The molecule has 0 unspecified atom stereocenters. The summed E-state index contributed by atoms with van der Waals surface area (Å²) in [7, 11) is 1.41. The van der Waals surface area contributed by atoms with Crippen LogP contribution in [0.5, 0.6) is 11.5 Å². The predicted octanol–water partition coefficient (Wildman–Crippen LogP) is 5.22. The van der Waals surface area contributed by atoms with Gasteiger partial charge in [-0.25, -0.2) is 0 Å². The van der Waals surface area contributed by atoms with Gasteiger partial charge < -0.3 is 20.1 Å². The second-order valence-corrected chi connectivity index (χ2v) is 7.35. The third-order valence-corrected chi connectivity index (χ3v) is 5.07. The number of benzene rings is 3. The molecule has 4 rings (SSSR count).